The van der Waals surface area contributed by atoms with Crippen molar-refractivity contribution >= 4 is 22.1 Å². The zero-order chi connectivity index (χ0) is 27.4. The van der Waals surface area contributed by atoms with Gasteiger partial charge in [0.15, 0.2) is 11.5 Å². The van der Waals surface area contributed by atoms with Gasteiger partial charge < -0.3 is 10.1 Å². The largest absolute Gasteiger partial charge is 0.508 e. The van der Waals surface area contributed by atoms with Gasteiger partial charge in [-0.15, -0.1) is 0 Å². The number of likely N-dealkylation sites (tertiary alicyclic amines) is 1. The highest BCUT2D eigenvalue weighted by atomic mass is 19.3. The number of phenols is 1. The molecule has 200 valence electrons. The van der Waals surface area contributed by atoms with E-state index in [1.54, 1.807) is 35.8 Å². The molecule has 5 aromatic heterocycles. The molecule has 7 rings (SSSR count). The van der Waals surface area contributed by atoms with Gasteiger partial charge in [-0.05, 0) is 35.9 Å². The number of rotatable bonds is 5. The van der Waals surface area contributed by atoms with Gasteiger partial charge >= 0.3 is 0 Å². The van der Waals surface area contributed by atoms with Crippen molar-refractivity contribution in [3.8, 4) is 39.7 Å². The number of hydrogen-bond donors (Lipinski definition) is 3. The highest BCUT2D eigenvalue weighted by Gasteiger charge is 2.37. The minimum absolute atomic E-state index is 0.131. The number of hydrogen-bond acceptors (Lipinski definition) is 7. The maximum absolute atomic E-state index is 14.0. The molecule has 0 bridgehead atoms. The quantitative estimate of drug-likeness (QED) is 0.270. The molecular weight excluding hydrogens is 521 g/mol. The molecule has 12 heteroatoms. The summed E-state index contributed by atoms with van der Waals surface area (Å²) in [5, 5.41) is 17.9. The number of phenolic OH excluding ortho intramolecular Hbond substituents is 1. The average Bonchev–Trinajstić information content (AvgIpc) is 3.63. The van der Waals surface area contributed by atoms with Crippen molar-refractivity contribution in [2.45, 2.75) is 18.9 Å². The lowest BCUT2D eigenvalue weighted by molar-refractivity contribution is 0.0115. The van der Waals surface area contributed by atoms with Crippen LogP contribution in [0.5, 0.6) is 5.75 Å². The van der Waals surface area contributed by atoms with Gasteiger partial charge in [-0.2, -0.15) is 5.10 Å². The van der Waals surface area contributed by atoms with E-state index >= 15 is 0 Å². The molecular formula is C28H21F3N8O. The van der Waals surface area contributed by atoms with Crippen molar-refractivity contribution in [3.05, 3.63) is 72.6 Å². The number of nitrogens with zero attached hydrogens (tertiary/aromatic N) is 6. The Morgan fingerprint density at radius 1 is 0.975 bits per heavy atom. The van der Waals surface area contributed by atoms with E-state index in [0.717, 1.165) is 22.8 Å². The number of alkyl halides is 2. The minimum Gasteiger partial charge on any atom is -0.508 e. The van der Waals surface area contributed by atoms with Crippen molar-refractivity contribution in [3.63, 3.8) is 0 Å². The highest BCUT2D eigenvalue weighted by Crippen LogP contribution is 2.33. The Morgan fingerprint density at radius 3 is 2.67 bits per heavy atom. The van der Waals surface area contributed by atoms with Gasteiger partial charge in [-0.1, -0.05) is 0 Å². The third-order valence-electron chi connectivity index (χ3n) is 6.98. The maximum Gasteiger partial charge on any atom is 0.261 e. The second-order valence-electron chi connectivity index (χ2n) is 9.93. The van der Waals surface area contributed by atoms with Crippen LogP contribution in [-0.2, 0) is 6.54 Å². The molecule has 1 aromatic carbocycles. The summed E-state index contributed by atoms with van der Waals surface area (Å²) in [5.74, 6) is -2.99. The summed E-state index contributed by atoms with van der Waals surface area (Å²) < 4.78 is 41.2. The molecule has 0 saturated carbocycles. The van der Waals surface area contributed by atoms with Crippen LogP contribution in [0.2, 0.25) is 0 Å². The van der Waals surface area contributed by atoms with Crippen LogP contribution in [0.4, 0.5) is 13.2 Å². The van der Waals surface area contributed by atoms with Crippen molar-refractivity contribution in [1.82, 2.24) is 40.0 Å². The molecule has 40 heavy (non-hydrogen) atoms. The predicted molar refractivity (Wildman–Crippen MR) is 142 cm³/mol. The van der Waals surface area contributed by atoms with E-state index in [-0.39, 0.29) is 18.7 Å². The van der Waals surface area contributed by atoms with Crippen molar-refractivity contribution in [2.75, 3.05) is 13.1 Å². The molecule has 1 saturated heterocycles. The number of pyridine rings is 3. The first kappa shape index (κ1) is 24.2. The summed E-state index contributed by atoms with van der Waals surface area (Å²) in [6, 6.07) is 9.34. The summed E-state index contributed by atoms with van der Waals surface area (Å²) in [4.78, 5) is 22.9. The van der Waals surface area contributed by atoms with Gasteiger partial charge in [-0.3, -0.25) is 20.0 Å². The third-order valence-corrected chi connectivity index (χ3v) is 6.98. The Morgan fingerprint density at radius 2 is 1.85 bits per heavy atom. The van der Waals surface area contributed by atoms with Crippen LogP contribution in [0.3, 0.4) is 0 Å². The van der Waals surface area contributed by atoms with Gasteiger partial charge in [0.25, 0.3) is 5.92 Å². The fourth-order valence-corrected chi connectivity index (χ4v) is 5.14. The zero-order valence-corrected chi connectivity index (χ0v) is 20.9. The Hall–Kier alpha value is -4.84. The average molecular weight is 543 g/mol. The van der Waals surface area contributed by atoms with E-state index in [2.05, 4.69) is 30.1 Å². The van der Waals surface area contributed by atoms with Crippen LogP contribution >= 0.6 is 0 Å². The number of aromatic hydroxyl groups is 1. The van der Waals surface area contributed by atoms with Gasteiger partial charge in [0.2, 0.25) is 0 Å². The van der Waals surface area contributed by atoms with Crippen molar-refractivity contribution in [2.24, 2.45) is 0 Å². The van der Waals surface area contributed by atoms with Crippen LogP contribution in [0.15, 0.2) is 61.2 Å². The molecule has 0 atom stereocenters. The van der Waals surface area contributed by atoms with Crippen LogP contribution in [0.1, 0.15) is 12.0 Å². The number of aromatic amines is 2. The zero-order valence-electron chi connectivity index (χ0n) is 20.9. The minimum atomic E-state index is -2.65. The Balaban J connectivity index is 1.25. The normalized spacial score (nSPS) is 15.4. The molecule has 3 N–H and O–H groups in total. The van der Waals surface area contributed by atoms with Crippen LogP contribution in [0, 0.1) is 5.82 Å². The van der Waals surface area contributed by atoms with Crippen molar-refractivity contribution < 1.29 is 18.3 Å². The first-order chi connectivity index (χ1) is 19.3. The van der Waals surface area contributed by atoms with Gasteiger partial charge in [-0.25, -0.2) is 23.1 Å². The molecule has 0 aliphatic carbocycles. The van der Waals surface area contributed by atoms with E-state index in [9.17, 15) is 18.3 Å². The number of aromatic nitrogens is 7. The molecule has 1 aliphatic heterocycles. The molecule has 0 radical (unpaired) electrons. The fourth-order valence-electron chi connectivity index (χ4n) is 5.14. The van der Waals surface area contributed by atoms with Crippen LogP contribution in [-0.4, -0.2) is 64.1 Å². The number of benzene rings is 1. The molecule has 0 amide bonds. The first-order valence-electron chi connectivity index (χ1n) is 12.5. The van der Waals surface area contributed by atoms with Crippen LogP contribution < -0.4 is 0 Å². The van der Waals surface area contributed by atoms with E-state index < -0.39 is 11.7 Å². The summed E-state index contributed by atoms with van der Waals surface area (Å²) in [5.41, 5.74) is 5.45. The Bertz CT molecular complexity index is 1880. The lowest BCUT2D eigenvalue weighted by atomic mass is 10.1. The predicted octanol–water partition coefficient (Wildman–Crippen LogP) is 5.31. The maximum atomic E-state index is 14.0. The topological polar surface area (TPSA) is 120 Å². The van der Waals surface area contributed by atoms with Crippen molar-refractivity contribution in [1.29, 1.82) is 0 Å². The molecule has 6 aromatic rings. The van der Waals surface area contributed by atoms with Crippen LogP contribution in [0.25, 0.3) is 56.0 Å². The molecule has 1 fully saturated rings. The molecule has 6 heterocycles. The summed E-state index contributed by atoms with van der Waals surface area (Å²) in [7, 11) is 0. The molecule has 1 aliphatic rings. The van der Waals surface area contributed by atoms with E-state index in [0.29, 0.717) is 57.9 Å². The summed E-state index contributed by atoms with van der Waals surface area (Å²) >= 11 is 0. The number of H-pyrrole nitrogens is 2. The molecule has 9 nitrogen and oxygen atoms in total. The van der Waals surface area contributed by atoms with Gasteiger partial charge in [0, 0.05) is 67.1 Å². The number of halogens is 3. The lowest BCUT2D eigenvalue weighted by Gasteiger charge is -2.15. The Kier molecular flexibility index (Phi) is 5.52. The number of fused-ring (bicyclic) bond motifs is 2. The van der Waals surface area contributed by atoms with Gasteiger partial charge in [0.1, 0.15) is 22.8 Å². The smallest absolute Gasteiger partial charge is 0.261 e. The standard InChI is InChI=1S/C28H21F3N8O/c29-19-6-16(7-20(40)9-19)23-25-22(1-3-33-23)35-27(36-25)24-21-8-18(12-34-26(21)38-37-24)17-5-15(10-32-11-17)13-39-4-2-28(30,31)14-39/h1,3,5-12,40H,2,4,13-14H2,(H,35,36)(H,34,37,38). The second kappa shape index (κ2) is 9.12. The molecule has 0 unspecified atom stereocenters. The number of nitrogens with one attached hydrogen (secondary N) is 2. The fraction of sp³-hybridized carbons (Fsp3) is 0.179. The number of imidazole rings is 1. The summed E-state index contributed by atoms with van der Waals surface area (Å²) in [6.45, 7) is 0.484. The SMILES string of the molecule is Oc1cc(F)cc(-c2nccc3[nH]c(-c4n[nH]c5ncc(-c6cncc(CN7CCC(F)(F)C7)c6)cc45)nc23)c1. The second-order valence-corrected chi connectivity index (χ2v) is 9.93. The lowest BCUT2D eigenvalue weighted by Crippen LogP contribution is -2.24. The monoisotopic (exact) mass is 542 g/mol. The van der Waals surface area contributed by atoms with E-state index in [1.807, 2.05) is 12.1 Å². The third kappa shape index (κ3) is 4.41. The first-order valence-corrected chi connectivity index (χ1v) is 12.5. The Labute approximate surface area is 224 Å². The highest BCUT2D eigenvalue weighted by molar-refractivity contribution is 5.96. The van der Waals surface area contributed by atoms with E-state index in [1.165, 1.54) is 12.1 Å². The van der Waals surface area contributed by atoms with E-state index in [4.69, 9.17) is 4.98 Å². The molecule has 0 spiro atoms. The van der Waals surface area contributed by atoms with Gasteiger partial charge in [0.05, 0.1) is 23.1 Å². The summed E-state index contributed by atoms with van der Waals surface area (Å²) in [6.07, 6.45) is 6.54.